The number of likely N-dealkylation sites (tertiary alicyclic amines) is 1. The number of phenols is 1. The third-order valence-corrected chi connectivity index (χ3v) is 9.10. The number of aromatic hydroxyl groups is 1. The zero-order valence-corrected chi connectivity index (χ0v) is 22.7. The molecule has 3 atom stereocenters. The summed E-state index contributed by atoms with van der Waals surface area (Å²) in [5.74, 6) is 0.551. The van der Waals surface area contributed by atoms with Gasteiger partial charge in [-0.15, -0.1) is 0 Å². The minimum Gasteiger partial charge on any atom is -0.508 e. The van der Waals surface area contributed by atoms with E-state index in [-0.39, 0.29) is 30.1 Å². The largest absolute Gasteiger partial charge is 0.508 e. The Morgan fingerprint density at radius 3 is 2.62 bits per heavy atom. The van der Waals surface area contributed by atoms with Crippen molar-refractivity contribution in [3.8, 4) is 5.75 Å². The van der Waals surface area contributed by atoms with E-state index in [0.29, 0.717) is 35.9 Å². The van der Waals surface area contributed by atoms with Gasteiger partial charge in [0.1, 0.15) is 11.4 Å². The lowest BCUT2D eigenvalue weighted by atomic mass is 9.55. The number of hydrogen-bond donors (Lipinski definition) is 2. The van der Waals surface area contributed by atoms with Crippen molar-refractivity contribution >= 4 is 35.1 Å². The van der Waals surface area contributed by atoms with E-state index in [0.717, 1.165) is 36.6 Å². The number of nitrogens with zero attached hydrogens (tertiary/aromatic N) is 1. The molecule has 2 saturated carbocycles. The SMILES string of the molecule is CC(=O)OC12CC[C@@H](NC(=O)Cc3ccc(Cl)c(Cl)c3)CC1(c1cccc(O)c1)CCN(CC1CC1)C2. The molecule has 3 fully saturated rings. The molecule has 1 aliphatic heterocycles. The number of ether oxygens (including phenoxy) is 1. The second-order valence-electron chi connectivity index (χ2n) is 11.1. The Morgan fingerprint density at radius 2 is 1.92 bits per heavy atom. The highest BCUT2D eigenvalue weighted by atomic mass is 35.5. The Labute approximate surface area is 228 Å². The average molecular weight is 546 g/mol. The number of hydrogen-bond acceptors (Lipinski definition) is 5. The summed E-state index contributed by atoms with van der Waals surface area (Å²) < 4.78 is 6.28. The van der Waals surface area contributed by atoms with E-state index in [9.17, 15) is 14.7 Å². The van der Waals surface area contributed by atoms with Crippen LogP contribution < -0.4 is 5.32 Å². The van der Waals surface area contributed by atoms with Gasteiger partial charge in [0.25, 0.3) is 0 Å². The first-order valence-electron chi connectivity index (χ1n) is 13.1. The van der Waals surface area contributed by atoms with Crippen molar-refractivity contribution in [2.45, 2.75) is 68.9 Å². The number of phenolic OH excluding ortho intramolecular Hbond substituents is 1. The number of benzene rings is 2. The van der Waals surface area contributed by atoms with E-state index in [1.807, 2.05) is 18.2 Å². The Bertz CT molecular complexity index is 1190. The molecule has 1 amide bonds. The minimum absolute atomic E-state index is 0.0828. The van der Waals surface area contributed by atoms with Crippen molar-refractivity contribution in [1.82, 2.24) is 10.2 Å². The standard InChI is InChI=1S/C29H34Cl2N2O4/c1-19(34)37-29-10-9-23(32-27(36)14-21-7-8-25(30)26(31)13-21)16-28(29,22-3-2-4-24(35)15-22)11-12-33(18-29)17-20-5-6-20/h2-4,7-8,13,15,20,23,35H,5-6,9-12,14,16-18H2,1H3,(H,32,36)/t23-,28?,29?/m1/s1. The molecule has 8 heteroatoms. The van der Waals surface area contributed by atoms with Crippen LogP contribution in [0.15, 0.2) is 42.5 Å². The van der Waals surface area contributed by atoms with Crippen LogP contribution in [0.4, 0.5) is 0 Å². The number of amides is 1. The molecule has 2 aromatic carbocycles. The summed E-state index contributed by atoms with van der Waals surface area (Å²) in [7, 11) is 0. The zero-order chi connectivity index (χ0) is 26.2. The van der Waals surface area contributed by atoms with Gasteiger partial charge in [-0.25, -0.2) is 0 Å². The van der Waals surface area contributed by atoms with Gasteiger partial charge in [0.2, 0.25) is 5.91 Å². The van der Waals surface area contributed by atoms with Crippen molar-refractivity contribution in [1.29, 1.82) is 0 Å². The fraction of sp³-hybridized carbons (Fsp3) is 0.517. The molecule has 0 radical (unpaired) electrons. The number of fused-ring (bicyclic) bond motifs is 1. The molecule has 0 bridgehead atoms. The minimum atomic E-state index is -0.718. The maximum absolute atomic E-state index is 13.0. The second-order valence-corrected chi connectivity index (χ2v) is 11.9. The fourth-order valence-electron chi connectivity index (χ4n) is 6.55. The topological polar surface area (TPSA) is 78.9 Å². The number of carbonyl (C=O) groups is 2. The van der Waals surface area contributed by atoms with E-state index in [2.05, 4.69) is 10.2 Å². The number of esters is 1. The number of rotatable bonds is 7. The molecule has 5 rings (SSSR count). The van der Waals surface area contributed by atoms with Gasteiger partial charge in [-0.1, -0.05) is 41.4 Å². The molecule has 37 heavy (non-hydrogen) atoms. The molecular weight excluding hydrogens is 511 g/mol. The highest BCUT2D eigenvalue weighted by molar-refractivity contribution is 6.42. The van der Waals surface area contributed by atoms with Crippen LogP contribution in [0.2, 0.25) is 10.0 Å². The van der Waals surface area contributed by atoms with Gasteiger partial charge in [-0.3, -0.25) is 14.5 Å². The van der Waals surface area contributed by atoms with Gasteiger partial charge < -0.3 is 15.2 Å². The predicted octanol–water partition coefficient (Wildman–Crippen LogP) is 5.27. The Balaban J connectivity index is 1.42. The third-order valence-electron chi connectivity index (χ3n) is 8.36. The normalized spacial score (nSPS) is 27.8. The van der Waals surface area contributed by atoms with Gasteiger partial charge in [-0.2, -0.15) is 0 Å². The molecule has 0 aromatic heterocycles. The van der Waals surface area contributed by atoms with E-state index in [4.69, 9.17) is 27.9 Å². The molecule has 6 nitrogen and oxygen atoms in total. The smallest absolute Gasteiger partial charge is 0.303 e. The Hall–Kier alpha value is -2.28. The van der Waals surface area contributed by atoms with Crippen LogP contribution in [0.5, 0.6) is 5.75 Å². The summed E-state index contributed by atoms with van der Waals surface area (Å²) >= 11 is 12.2. The molecule has 198 valence electrons. The third kappa shape index (κ3) is 5.62. The lowest BCUT2D eigenvalue weighted by Gasteiger charge is -2.59. The molecule has 1 heterocycles. The molecule has 2 unspecified atom stereocenters. The van der Waals surface area contributed by atoms with Crippen LogP contribution in [0.3, 0.4) is 0 Å². The lowest BCUT2D eigenvalue weighted by Crippen LogP contribution is -2.68. The number of piperidine rings is 1. The number of carbonyl (C=O) groups excluding carboxylic acids is 2. The van der Waals surface area contributed by atoms with E-state index in [1.165, 1.54) is 19.8 Å². The first kappa shape index (κ1) is 26.3. The molecule has 2 aliphatic carbocycles. The van der Waals surface area contributed by atoms with Crippen LogP contribution >= 0.6 is 23.2 Å². The summed E-state index contributed by atoms with van der Waals surface area (Å²) in [6.07, 6.45) is 5.50. The van der Waals surface area contributed by atoms with Crippen molar-refractivity contribution in [2.75, 3.05) is 19.6 Å². The molecule has 3 aliphatic rings. The quantitative estimate of drug-likeness (QED) is 0.464. The average Bonchev–Trinajstić information content (AvgIpc) is 3.65. The highest BCUT2D eigenvalue weighted by Gasteiger charge is 2.61. The molecule has 1 saturated heterocycles. The predicted molar refractivity (Wildman–Crippen MR) is 144 cm³/mol. The summed E-state index contributed by atoms with van der Waals surface area (Å²) in [6, 6.07) is 12.5. The lowest BCUT2D eigenvalue weighted by molar-refractivity contribution is -0.187. The monoisotopic (exact) mass is 544 g/mol. The molecular formula is C29H34Cl2N2O4. The van der Waals surface area contributed by atoms with Crippen LogP contribution in [0.25, 0.3) is 0 Å². The zero-order valence-electron chi connectivity index (χ0n) is 21.1. The van der Waals surface area contributed by atoms with Gasteiger partial charge in [0, 0.05) is 31.5 Å². The maximum atomic E-state index is 13.0. The van der Waals surface area contributed by atoms with Gasteiger partial charge in [0.05, 0.1) is 16.5 Å². The van der Waals surface area contributed by atoms with Gasteiger partial charge >= 0.3 is 5.97 Å². The Morgan fingerprint density at radius 1 is 1.11 bits per heavy atom. The summed E-state index contributed by atoms with van der Waals surface area (Å²) in [4.78, 5) is 28.0. The first-order valence-corrected chi connectivity index (χ1v) is 13.9. The van der Waals surface area contributed by atoms with Gasteiger partial charge in [0.15, 0.2) is 0 Å². The molecule has 2 N–H and O–H groups in total. The van der Waals surface area contributed by atoms with Crippen LogP contribution in [0.1, 0.15) is 56.6 Å². The van der Waals surface area contributed by atoms with Gasteiger partial charge in [-0.05, 0) is 86.4 Å². The van der Waals surface area contributed by atoms with Crippen molar-refractivity contribution in [3.05, 3.63) is 63.6 Å². The number of halogens is 2. The van der Waals surface area contributed by atoms with Crippen molar-refractivity contribution < 1.29 is 19.4 Å². The maximum Gasteiger partial charge on any atom is 0.303 e. The fourth-order valence-corrected chi connectivity index (χ4v) is 6.87. The van der Waals surface area contributed by atoms with Crippen LogP contribution in [-0.4, -0.2) is 53.2 Å². The summed E-state index contributed by atoms with van der Waals surface area (Å²) in [5.41, 5.74) is 0.526. The van der Waals surface area contributed by atoms with Crippen LogP contribution in [0, 0.1) is 5.92 Å². The summed E-state index contributed by atoms with van der Waals surface area (Å²) in [5, 5.41) is 14.5. The molecule has 2 aromatic rings. The van der Waals surface area contributed by atoms with Crippen LogP contribution in [-0.2, 0) is 26.2 Å². The first-order chi connectivity index (χ1) is 17.7. The van der Waals surface area contributed by atoms with E-state index < -0.39 is 11.0 Å². The van der Waals surface area contributed by atoms with Crippen molar-refractivity contribution in [3.63, 3.8) is 0 Å². The van der Waals surface area contributed by atoms with E-state index in [1.54, 1.807) is 24.3 Å². The number of nitrogens with one attached hydrogen (secondary N) is 1. The summed E-state index contributed by atoms with van der Waals surface area (Å²) in [6.45, 7) is 4.07. The molecule has 0 spiro atoms. The highest BCUT2D eigenvalue weighted by Crippen LogP contribution is 2.54. The van der Waals surface area contributed by atoms with E-state index >= 15 is 0 Å². The Kier molecular flexibility index (Phi) is 7.45. The second kappa shape index (κ2) is 10.5. The van der Waals surface area contributed by atoms with Crippen molar-refractivity contribution in [2.24, 2.45) is 5.92 Å².